The number of anilines is 2. The minimum Gasteiger partial charge on any atom is -0.478 e. The Morgan fingerprint density at radius 3 is 2.27 bits per heavy atom. The van der Waals surface area contributed by atoms with Crippen molar-refractivity contribution in [2.45, 2.75) is 90.4 Å². The van der Waals surface area contributed by atoms with Crippen LogP contribution in [-0.2, 0) is 35.3 Å². The fraction of sp³-hybridized carbons (Fsp3) is 0.404. The summed E-state index contributed by atoms with van der Waals surface area (Å²) < 4.78 is 0. The molecular formula is C47H62N14O10. The number of carbonyl (C=O) groups excluding carboxylic acids is 8. The zero-order valence-corrected chi connectivity index (χ0v) is 40.0. The molecule has 12 N–H and O–H groups in total. The topological polar surface area (TPSA) is 373 Å². The summed E-state index contributed by atoms with van der Waals surface area (Å²) in [4.78, 5) is 126. The molecule has 0 spiro atoms. The molecule has 71 heavy (non-hydrogen) atoms. The monoisotopic (exact) mass is 982 g/mol. The molecular weight excluding hydrogens is 921 g/mol. The van der Waals surface area contributed by atoms with E-state index in [1.165, 1.54) is 55.5 Å². The van der Waals surface area contributed by atoms with E-state index in [-0.39, 0.29) is 61.0 Å². The van der Waals surface area contributed by atoms with E-state index in [0.29, 0.717) is 54.7 Å². The Hall–Kier alpha value is -8.44. The lowest BCUT2D eigenvalue weighted by Gasteiger charge is -2.32. The number of hydrazone groups is 1. The number of aromatic nitrogens is 1. The van der Waals surface area contributed by atoms with Crippen molar-refractivity contribution >= 4 is 77.2 Å². The number of amides is 7. The Bertz CT molecular complexity index is 2410. The maximum absolute atomic E-state index is 14.0. The van der Waals surface area contributed by atoms with Gasteiger partial charge in [0.25, 0.3) is 11.8 Å². The summed E-state index contributed by atoms with van der Waals surface area (Å²) in [6, 6.07) is 10.3. The minimum atomic E-state index is -1.30. The fourth-order valence-electron chi connectivity index (χ4n) is 6.99. The van der Waals surface area contributed by atoms with Gasteiger partial charge >= 0.3 is 5.97 Å². The summed E-state index contributed by atoms with van der Waals surface area (Å²) in [5.41, 5.74) is 19.9. The molecule has 380 valence electrons. The maximum atomic E-state index is 14.0. The molecule has 24 nitrogen and oxygen atoms in total. The summed E-state index contributed by atoms with van der Waals surface area (Å²) in [5.74, 6) is -5.55. The van der Waals surface area contributed by atoms with Crippen molar-refractivity contribution in [3.63, 3.8) is 0 Å². The van der Waals surface area contributed by atoms with E-state index in [1.54, 1.807) is 44.2 Å². The standard InChI is InChI=1S/C47H60N12O10.H2N2/c1-28(2)41-46(67)59(4)37(9-8-17-49-27-48)45(66)53-26-40(62)56-36(19-29(3)60)44(65)52-23-31-20-34(43(64)57-41)22-35(21-31)55-39(61)10-6-5-7-18-50-42(63)33-15-16-38(51-25-33)58-54-24-30-11-13-32(14-12-30)47(68)69;1-2/h11-16,20-22,24-25,27-28,36-37,41H,5-10,17-19,23,26H2,1-4H3,(H2,48,49)(H,50,63)(H,51,58)(H,52,65)(H,53,66)(H,55,61)(H,56,62)(H,57,64)(H,68,69);1-2H/b54-24-;/t36-,37-,41?;/m0./s1. The van der Waals surface area contributed by atoms with Crippen LogP contribution in [-0.4, -0.2) is 125 Å². The van der Waals surface area contributed by atoms with Crippen LogP contribution < -0.4 is 43.1 Å². The molecule has 2 heterocycles. The molecule has 0 radical (unpaired) electrons. The van der Waals surface area contributed by atoms with Crippen molar-refractivity contribution in [1.82, 2.24) is 36.5 Å². The number of aromatic carboxylic acids is 1. The summed E-state index contributed by atoms with van der Waals surface area (Å²) in [5, 5.41) is 29.2. The van der Waals surface area contributed by atoms with Crippen molar-refractivity contribution in [1.29, 1.82) is 11.1 Å². The SMILES string of the molecule is CC(=O)C[C@@H]1NC(=O)CNC(=O)[C@H](CCCN=CN)N(C)C(=O)C(C(C)C)NC(=O)c2cc(cc(NC(=O)CCCCCNC(=O)c3ccc(N/N=C\c4ccc(C(=O)O)cc4)nc3)c2)CNC1=O.N=N. The van der Waals surface area contributed by atoms with E-state index in [4.69, 9.17) is 21.9 Å². The highest BCUT2D eigenvalue weighted by molar-refractivity contribution is 6.01. The first kappa shape index (κ1) is 56.9. The van der Waals surface area contributed by atoms with Gasteiger partial charge in [-0.25, -0.2) is 20.8 Å². The van der Waals surface area contributed by atoms with Crippen LogP contribution >= 0.6 is 0 Å². The molecule has 4 rings (SSSR count). The number of carbonyl (C=O) groups is 9. The van der Waals surface area contributed by atoms with Crippen molar-refractivity contribution in [3.8, 4) is 0 Å². The molecule has 3 atom stereocenters. The lowest BCUT2D eigenvalue weighted by Crippen LogP contribution is -2.57. The van der Waals surface area contributed by atoms with Gasteiger partial charge < -0.3 is 47.6 Å². The first-order chi connectivity index (χ1) is 33.9. The quantitative estimate of drug-likeness (QED) is 0.0270. The molecule has 1 unspecified atom stereocenters. The molecule has 0 aliphatic carbocycles. The molecule has 2 bridgehead atoms. The predicted octanol–water partition coefficient (Wildman–Crippen LogP) is 2.31. The summed E-state index contributed by atoms with van der Waals surface area (Å²) in [7, 11) is 1.42. The van der Waals surface area contributed by atoms with Crippen LogP contribution in [0.5, 0.6) is 0 Å². The van der Waals surface area contributed by atoms with Crippen LogP contribution in [0.2, 0.25) is 0 Å². The average molecular weight is 983 g/mol. The smallest absolute Gasteiger partial charge is 0.335 e. The highest BCUT2D eigenvalue weighted by Crippen LogP contribution is 2.19. The second-order valence-corrected chi connectivity index (χ2v) is 16.6. The third-order valence-electron chi connectivity index (χ3n) is 10.7. The summed E-state index contributed by atoms with van der Waals surface area (Å²) >= 11 is 0. The van der Waals surface area contributed by atoms with Gasteiger partial charge in [-0.2, -0.15) is 5.10 Å². The molecule has 7 amide bonds. The van der Waals surface area contributed by atoms with Gasteiger partial charge in [-0.3, -0.25) is 48.8 Å². The summed E-state index contributed by atoms with van der Waals surface area (Å²) in [6.07, 6.45) is 5.86. The van der Waals surface area contributed by atoms with Gasteiger partial charge in [0, 0.05) is 57.0 Å². The van der Waals surface area contributed by atoms with E-state index >= 15 is 0 Å². The van der Waals surface area contributed by atoms with Crippen LogP contribution in [0, 0.1) is 17.0 Å². The third kappa shape index (κ3) is 19.2. The second kappa shape index (κ2) is 29.4. The van der Waals surface area contributed by atoms with Crippen LogP contribution in [0.4, 0.5) is 11.5 Å². The number of Topliss-reactive ketones (excluding diaryl/α,β-unsaturated/α-hetero) is 1. The Morgan fingerprint density at radius 1 is 0.915 bits per heavy atom. The van der Waals surface area contributed by atoms with E-state index in [2.05, 4.69) is 52.4 Å². The average Bonchev–Trinajstić information content (AvgIpc) is 3.34. The molecule has 1 aromatic heterocycles. The maximum Gasteiger partial charge on any atom is 0.335 e. The summed E-state index contributed by atoms with van der Waals surface area (Å²) in [6.45, 7) is 4.57. The molecule has 0 saturated carbocycles. The molecule has 24 heteroatoms. The van der Waals surface area contributed by atoms with Gasteiger partial charge in [0.15, 0.2) is 0 Å². The lowest BCUT2D eigenvalue weighted by atomic mass is 9.99. The number of carboxylic acids is 1. The largest absolute Gasteiger partial charge is 0.478 e. The van der Waals surface area contributed by atoms with E-state index in [9.17, 15) is 43.2 Å². The van der Waals surface area contributed by atoms with Gasteiger partial charge in [-0.15, -0.1) is 0 Å². The third-order valence-corrected chi connectivity index (χ3v) is 10.7. The second-order valence-electron chi connectivity index (χ2n) is 16.6. The van der Waals surface area contributed by atoms with Crippen molar-refractivity contribution in [2.75, 3.05) is 37.4 Å². The van der Waals surface area contributed by atoms with Crippen LogP contribution in [0.25, 0.3) is 0 Å². The molecule has 3 aromatic rings. The number of hydrogen-bond acceptors (Lipinski definition) is 15. The van der Waals surface area contributed by atoms with Gasteiger partial charge in [-0.1, -0.05) is 32.4 Å². The number of benzene rings is 2. The van der Waals surface area contributed by atoms with Gasteiger partial charge in [-0.05, 0) is 92.1 Å². The number of aliphatic imine (C=N–C) groups is 1. The number of pyridine rings is 1. The van der Waals surface area contributed by atoms with Crippen LogP contribution in [0.3, 0.4) is 0 Å². The lowest BCUT2D eigenvalue weighted by molar-refractivity contribution is -0.141. The van der Waals surface area contributed by atoms with Gasteiger partial charge in [0.1, 0.15) is 29.7 Å². The normalized spacial score (nSPS) is 16.9. The van der Waals surface area contributed by atoms with Gasteiger partial charge in [0.2, 0.25) is 29.5 Å². The van der Waals surface area contributed by atoms with Crippen molar-refractivity contribution < 1.29 is 48.3 Å². The van der Waals surface area contributed by atoms with Gasteiger partial charge in [0.05, 0.1) is 30.2 Å². The Balaban J connectivity index is 0.00000657. The predicted molar refractivity (Wildman–Crippen MR) is 262 cm³/mol. The number of unbranched alkanes of at least 4 members (excludes halogenated alkanes) is 2. The number of likely N-dealkylation sites (N-methyl/N-ethyl adjacent to an activating group) is 1. The number of nitrogens with zero attached hydrogens (tertiary/aromatic N) is 4. The first-order valence-electron chi connectivity index (χ1n) is 22.6. The molecule has 2 aromatic carbocycles. The number of rotatable bonds is 19. The number of ketones is 1. The Kier molecular flexibility index (Phi) is 23.6. The minimum absolute atomic E-state index is 0.0502. The number of nitrogens with two attached hydrogens (primary N) is 1. The zero-order valence-electron chi connectivity index (χ0n) is 40.0. The molecule has 1 aliphatic rings. The van der Waals surface area contributed by atoms with E-state index < -0.39 is 71.9 Å². The number of fused-ring (bicyclic) bond motifs is 2. The van der Waals surface area contributed by atoms with Crippen LogP contribution in [0.15, 0.2) is 70.9 Å². The molecule has 1 aliphatic heterocycles. The number of carboxylic acid groups (broad SMARTS) is 1. The highest BCUT2D eigenvalue weighted by atomic mass is 16.4. The number of nitrogens with one attached hydrogen (secondary N) is 9. The Labute approximate surface area is 410 Å². The fourth-order valence-corrected chi connectivity index (χ4v) is 6.99. The van der Waals surface area contributed by atoms with Crippen molar-refractivity contribution in [3.05, 3.63) is 88.6 Å². The van der Waals surface area contributed by atoms with E-state index in [0.717, 1.165) is 6.34 Å². The first-order valence-corrected chi connectivity index (χ1v) is 22.6. The van der Waals surface area contributed by atoms with Crippen LogP contribution in [0.1, 0.15) is 108 Å². The molecule has 0 fully saturated rings. The Morgan fingerprint density at radius 2 is 1.62 bits per heavy atom. The molecule has 0 saturated heterocycles. The number of hydrogen-bond donors (Lipinski definition) is 11. The highest BCUT2D eigenvalue weighted by Gasteiger charge is 2.34. The van der Waals surface area contributed by atoms with E-state index in [1.807, 2.05) is 0 Å². The zero-order chi connectivity index (χ0) is 52.5. The van der Waals surface area contributed by atoms with Crippen molar-refractivity contribution in [2.24, 2.45) is 21.7 Å².